The number of nitrogens with zero attached hydrogens (tertiary/aromatic N) is 4. The minimum absolute atomic E-state index is 0.880. The van der Waals surface area contributed by atoms with Crippen molar-refractivity contribution in [2.24, 2.45) is 0 Å². The van der Waals surface area contributed by atoms with Gasteiger partial charge in [0.05, 0.1) is 32.1 Å². The molecule has 56 heavy (non-hydrogen) atoms. The van der Waals surface area contributed by atoms with Gasteiger partial charge in [-0.25, -0.2) is 9.97 Å². The molecule has 0 aliphatic carbocycles. The zero-order valence-corrected chi connectivity index (χ0v) is 31.6. The Kier molecular flexibility index (Phi) is 6.93. The number of thiophene rings is 2. The summed E-state index contributed by atoms with van der Waals surface area (Å²) in [6, 6.07) is 61.3. The van der Waals surface area contributed by atoms with Crippen LogP contribution in [0, 0.1) is 0 Å². The Balaban J connectivity index is 1.13. The molecular weight excluding hydrogens is 721 g/mol. The van der Waals surface area contributed by atoms with Gasteiger partial charge in [-0.2, -0.15) is 0 Å². The van der Waals surface area contributed by atoms with E-state index in [-0.39, 0.29) is 0 Å². The van der Waals surface area contributed by atoms with E-state index in [4.69, 9.17) is 9.97 Å². The van der Waals surface area contributed by atoms with Crippen molar-refractivity contribution in [2.75, 3.05) is 9.80 Å². The van der Waals surface area contributed by atoms with Crippen LogP contribution < -0.4 is 9.80 Å². The van der Waals surface area contributed by atoms with Crippen LogP contribution in [0.4, 0.5) is 34.4 Å². The van der Waals surface area contributed by atoms with Crippen LogP contribution in [0.25, 0.3) is 72.7 Å². The van der Waals surface area contributed by atoms with E-state index >= 15 is 0 Å². The van der Waals surface area contributed by atoms with Crippen LogP contribution in [0.3, 0.4) is 0 Å². The lowest BCUT2D eigenvalue weighted by Gasteiger charge is -2.28. The molecule has 0 N–H and O–H groups in total. The fourth-order valence-corrected chi connectivity index (χ4v) is 11.1. The molecule has 0 radical (unpaired) electrons. The summed E-state index contributed by atoms with van der Waals surface area (Å²) in [7, 11) is 0. The lowest BCUT2D eigenvalue weighted by atomic mass is 9.92. The highest BCUT2D eigenvalue weighted by atomic mass is 32.1. The maximum absolute atomic E-state index is 4.96. The van der Waals surface area contributed by atoms with E-state index in [9.17, 15) is 0 Å². The quantitative estimate of drug-likeness (QED) is 0.158. The molecule has 4 nitrogen and oxygen atoms in total. The van der Waals surface area contributed by atoms with Gasteiger partial charge in [-0.05, 0) is 82.2 Å². The normalized spacial score (nSPS) is 11.9. The van der Waals surface area contributed by atoms with Gasteiger partial charge in [-0.3, -0.25) is 9.80 Å². The molecule has 6 heteroatoms. The van der Waals surface area contributed by atoms with Crippen LogP contribution >= 0.6 is 22.7 Å². The molecule has 0 atom stereocenters. The summed E-state index contributed by atoms with van der Waals surface area (Å²) < 4.78 is 5.05. The molecule has 12 aromatic rings. The number of fused-ring (bicyclic) bond motifs is 6. The van der Waals surface area contributed by atoms with Crippen molar-refractivity contribution < 1.29 is 0 Å². The summed E-state index contributed by atoms with van der Waals surface area (Å²) in [5.41, 5.74) is 4.43. The third-order valence-corrected chi connectivity index (χ3v) is 13.5. The summed E-state index contributed by atoms with van der Waals surface area (Å²) >= 11 is 3.68. The highest BCUT2D eigenvalue weighted by molar-refractivity contribution is 7.26. The van der Waals surface area contributed by atoms with E-state index in [1.54, 1.807) is 0 Å². The molecule has 0 aliphatic heterocycles. The van der Waals surface area contributed by atoms with Crippen molar-refractivity contribution >= 4 is 130 Å². The Morgan fingerprint density at radius 1 is 0.321 bits per heavy atom. The molecule has 0 unspecified atom stereocenters. The van der Waals surface area contributed by atoms with Crippen LogP contribution in [0.5, 0.6) is 0 Å². The SMILES string of the molecule is c1ccc(N(c2ccc3ccc4c(N(c5ccccn5)c5cccc6c5sc5ccccc56)ccc5ccc2c3c54)c2cccc3c2sc2ccccc23)nc1. The fourth-order valence-electron chi connectivity index (χ4n) is 8.70. The maximum atomic E-state index is 4.96. The van der Waals surface area contributed by atoms with Gasteiger partial charge in [0.15, 0.2) is 0 Å². The average molecular weight is 751 g/mol. The second-order valence-corrected chi connectivity index (χ2v) is 16.2. The second kappa shape index (κ2) is 12.3. The largest absolute Gasteiger partial charge is 0.293 e. The standard InChI is InChI=1S/C50H30N4S2/c1-3-17-43-33(11-1)35-13-9-15-41(49(35)55-43)53(45-19-5-7-29-51-45)39-27-23-31-22-26-38-40(28-24-32-21-25-37(39)47(31)48(32)38)54(46-20-6-8-30-52-46)42-16-10-14-36-34-12-2-4-18-44(34)56-50(36)42/h1-30H. The first-order valence-corrected chi connectivity index (χ1v) is 20.4. The third-order valence-electron chi connectivity index (χ3n) is 11.1. The van der Waals surface area contributed by atoms with Crippen molar-refractivity contribution in [3.8, 4) is 0 Å². The fraction of sp³-hybridized carbons (Fsp3) is 0. The number of hydrogen-bond donors (Lipinski definition) is 0. The van der Waals surface area contributed by atoms with E-state index < -0.39 is 0 Å². The lowest BCUT2D eigenvalue weighted by molar-refractivity contribution is 1.20. The van der Waals surface area contributed by atoms with E-state index in [2.05, 4.69) is 168 Å². The minimum atomic E-state index is 0.880. The van der Waals surface area contributed by atoms with Crippen LogP contribution in [0.15, 0.2) is 182 Å². The second-order valence-electron chi connectivity index (χ2n) is 14.1. The summed E-state index contributed by atoms with van der Waals surface area (Å²) in [6.45, 7) is 0. The average Bonchev–Trinajstić information content (AvgIpc) is 3.84. The molecule has 0 saturated carbocycles. The van der Waals surface area contributed by atoms with E-state index in [1.165, 1.54) is 72.7 Å². The van der Waals surface area contributed by atoms with Crippen molar-refractivity contribution in [3.63, 3.8) is 0 Å². The number of rotatable bonds is 6. The summed E-state index contributed by atoms with van der Waals surface area (Å²) in [6.07, 6.45) is 3.78. The first kappa shape index (κ1) is 31.5. The molecule has 0 spiro atoms. The Labute approximate surface area is 330 Å². The van der Waals surface area contributed by atoms with Crippen LogP contribution in [-0.4, -0.2) is 9.97 Å². The third kappa shape index (κ3) is 4.64. The van der Waals surface area contributed by atoms with Crippen LogP contribution in [0.2, 0.25) is 0 Å². The van der Waals surface area contributed by atoms with Gasteiger partial charge in [0.2, 0.25) is 0 Å². The highest BCUT2D eigenvalue weighted by Gasteiger charge is 2.25. The molecular formula is C50H30N4S2. The Bertz CT molecular complexity index is 3210. The molecule has 12 rings (SSSR count). The van der Waals surface area contributed by atoms with Crippen molar-refractivity contribution in [1.29, 1.82) is 0 Å². The van der Waals surface area contributed by atoms with Gasteiger partial charge < -0.3 is 0 Å². The lowest BCUT2D eigenvalue weighted by Crippen LogP contribution is -2.13. The van der Waals surface area contributed by atoms with E-state index in [1.807, 2.05) is 47.2 Å². The van der Waals surface area contributed by atoms with Crippen molar-refractivity contribution in [1.82, 2.24) is 9.97 Å². The molecule has 0 saturated heterocycles. The molecule has 4 aromatic heterocycles. The Morgan fingerprint density at radius 3 is 1.21 bits per heavy atom. The smallest absolute Gasteiger partial charge is 0.137 e. The van der Waals surface area contributed by atoms with Gasteiger partial charge in [0, 0.05) is 54.1 Å². The zero-order chi connectivity index (χ0) is 36.7. The van der Waals surface area contributed by atoms with Crippen molar-refractivity contribution in [3.05, 3.63) is 182 Å². The molecule has 0 bridgehead atoms. The molecule has 0 aliphatic rings. The molecule has 0 amide bonds. The zero-order valence-electron chi connectivity index (χ0n) is 29.9. The van der Waals surface area contributed by atoms with E-state index in [0.29, 0.717) is 0 Å². The summed E-state index contributed by atoms with van der Waals surface area (Å²) in [5, 5.41) is 12.3. The minimum Gasteiger partial charge on any atom is -0.293 e. The number of benzene rings is 8. The number of pyridine rings is 2. The number of hydrogen-bond acceptors (Lipinski definition) is 6. The maximum Gasteiger partial charge on any atom is 0.137 e. The predicted molar refractivity (Wildman–Crippen MR) is 241 cm³/mol. The Hall–Kier alpha value is -6.86. The summed E-state index contributed by atoms with van der Waals surface area (Å²) in [5.74, 6) is 1.76. The van der Waals surface area contributed by atoms with Crippen LogP contribution in [-0.2, 0) is 0 Å². The predicted octanol–water partition coefficient (Wildman–Crippen LogP) is 15.0. The summed E-state index contributed by atoms with van der Waals surface area (Å²) in [4.78, 5) is 14.6. The van der Waals surface area contributed by atoms with Gasteiger partial charge in [0.25, 0.3) is 0 Å². The molecule has 262 valence electrons. The van der Waals surface area contributed by atoms with Crippen LogP contribution in [0.1, 0.15) is 0 Å². The number of aromatic nitrogens is 2. The monoisotopic (exact) mass is 750 g/mol. The van der Waals surface area contributed by atoms with Crippen molar-refractivity contribution in [2.45, 2.75) is 0 Å². The van der Waals surface area contributed by atoms with Gasteiger partial charge in [-0.1, -0.05) is 109 Å². The number of anilines is 6. The topological polar surface area (TPSA) is 32.3 Å². The highest BCUT2D eigenvalue weighted by Crippen LogP contribution is 2.50. The molecule has 0 fully saturated rings. The van der Waals surface area contributed by atoms with Gasteiger partial charge in [-0.15, -0.1) is 22.7 Å². The molecule has 8 aromatic carbocycles. The first-order valence-electron chi connectivity index (χ1n) is 18.7. The van der Waals surface area contributed by atoms with Gasteiger partial charge >= 0.3 is 0 Å². The Morgan fingerprint density at radius 2 is 0.750 bits per heavy atom. The van der Waals surface area contributed by atoms with E-state index in [0.717, 1.165) is 34.4 Å². The van der Waals surface area contributed by atoms with Gasteiger partial charge in [0.1, 0.15) is 11.6 Å². The first-order chi connectivity index (χ1) is 27.8. The molecule has 4 heterocycles.